The minimum absolute atomic E-state index is 0. The number of fused-ring (bicyclic) bond motifs is 8. The van der Waals surface area contributed by atoms with Crippen LogP contribution in [0.25, 0.3) is 106 Å². The molecular weight excluding hydrogens is 1200 g/mol. The molecule has 0 spiro atoms. The van der Waals surface area contributed by atoms with Gasteiger partial charge in [-0.05, 0) is 150 Å². The Hall–Kier alpha value is -9.01. The summed E-state index contributed by atoms with van der Waals surface area (Å²) < 4.78 is 14.9. The van der Waals surface area contributed by atoms with Crippen molar-refractivity contribution in [1.82, 2.24) is 28.5 Å². The summed E-state index contributed by atoms with van der Waals surface area (Å²) in [5.74, 6) is 1.56. The molecule has 1 aliphatic rings. The van der Waals surface area contributed by atoms with Gasteiger partial charge in [0.2, 0.25) is 12.1 Å². The third kappa shape index (κ3) is 10.1. The first-order chi connectivity index (χ1) is 40.1. The van der Waals surface area contributed by atoms with E-state index in [1.165, 1.54) is 59.1 Å². The molecule has 83 heavy (non-hydrogen) atoms. The summed E-state index contributed by atoms with van der Waals surface area (Å²) in [4.78, 5) is 14.6. The van der Waals surface area contributed by atoms with Crippen molar-refractivity contribution in [3.63, 3.8) is 0 Å². The van der Waals surface area contributed by atoms with E-state index < -0.39 is 0 Å². The SMILES string of the molecule is C[n+]1[c-]n(-c2[c-]cccc2)cc1Cc1ccc2c(c1)n1c3c(-c4cc[c-]c(-c5ccccn5)c4)cccc3nc1n2-c1ccccc1.Cc1cc(C2CCC(C)(C)CC2)ccc1-c1cc(-c2[c-]ccc3c2oc2ccccc23)ncc1C.[Ir]. The number of para-hydroxylation sites is 4. The van der Waals surface area contributed by atoms with Crippen LogP contribution in [0.4, 0.5) is 0 Å². The first-order valence-corrected chi connectivity index (χ1v) is 28.4. The maximum atomic E-state index is 6.26. The Bertz CT molecular complexity index is 4680. The second-order valence-electron chi connectivity index (χ2n) is 22.8. The van der Waals surface area contributed by atoms with E-state index in [-0.39, 0.29) is 20.1 Å². The molecule has 8 aromatic carbocycles. The Labute approximate surface area is 497 Å². The summed E-state index contributed by atoms with van der Waals surface area (Å²) in [5, 5.41) is 2.23. The molecule has 0 atom stereocenters. The van der Waals surface area contributed by atoms with Gasteiger partial charge >= 0.3 is 0 Å². The van der Waals surface area contributed by atoms with Crippen LogP contribution in [0.3, 0.4) is 0 Å². The standard InChI is InChI=1S/C41H28N6.C33H32NO.Ir/c1-44-28-45(32-14-4-2-5-15-32)27-34(44)24-29-21-22-38-39(25-29)47-40-35(30-12-10-13-31(26-30)36-19-8-9-23-42-36)18-11-20-37(40)43-41(47)46(38)33-16-6-3-7-17-33;1-21-18-24(23-14-16-33(3,4)17-15-23)12-13-25(21)29-19-30(34-20-22(29)2)28-10-7-9-27-26-8-5-6-11-31(26)35-32(27)28;/h2-12,14,16-23,25-27H,24H2,1H3;5-9,11-13,18-20,23H,14-17H2,1-4H3;/q-2;-1;. The Morgan fingerprint density at radius 1 is 0.663 bits per heavy atom. The van der Waals surface area contributed by atoms with Crippen LogP contribution in [-0.2, 0) is 33.6 Å². The zero-order chi connectivity index (χ0) is 55.5. The molecule has 1 saturated carbocycles. The number of aryl methyl sites for hydroxylation is 3. The molecular formula is C74H60IrN7O-3. The Morgan fingerprint density at radius 3 is 2.30 bits per heavy atom. The zero-order valence-electron chi connectivity index (χ0n) is 47.1. The van der Waals surface area contributed by atoms with Crippen molar-refractivity contribution >= 4 is 49.8 Å². The van der Waals surface area contributed by atoms with Crippen LogP contribution < -0.4 is 4.57 Å². The number of pyridine rings is 2. The van der Waals surface area contributed by atoms with E-state index in [9.17, 15) is 0 Å². The minimum Gasteiger partial charge on any atom is -0.501 e. The molecule has 0 amide bonds. The first kappa shape index (κ1) is 53.3. The fraction of sp³-hybridized carbons (Fsp3) is 0.162. The monoisotopic (exact) mass is 1260 g/mol. The van der Waals surface area contributed by atoms with Crippen molar-refractivity contribution in [2.24, 2.45) is 12.5 Å². The zero-order valence-corrected chi connectivity index (χ0v) is 49.5. The molecule has 15 rings (SSSR count). The molecule has 409 valence electrons. The van der Waals surface area contributed by atoms with Gasteiger partial charge in [-0.15, -0.1) is 48.0 Å². The molecule has 0 bridgehead atoms. The molecule has 14 aromatic rings. The van der Waals surface area contributed by atoms with E-state index in [0.717, 1.165) is 107 Å². The molecule has 9 heteroatoms. The third-order valence-corrected chi connectivity index (χ3v) is 16.8. The Balaban J connectivity index is 0.000000160. The van der Waals surface area contributed by atoms with Gasteiger partial charge in [0.05, 0.1) is 34.7 Å². The number of rotatable bonds is 9. The largest absolute Gasteiger partial charge is 0.501 e. The van der Waals surface area contributed by atoms with Crippen LogP contribution in [0.2, 0.25) is 0 Å². The predicted molar refractivity (Wildman–Crippen MR) is 330 cm³/mol. The minimum atomic E-state index is 0. The van der Waals surface area contributed by atoms with E-state index in [1.807, 2.05) is 96.8 Å². The van der Waals surface area contributed by atoms with Crippen molar-refractivity contribution in [2.75, 3.05) is 0 Å². The van der Waals surface area contributed by atoms with E-state index in [4.69, 9.17) is 14.4 Å². The first-order valence-electron chi connectivity index (χ1n) is 28.4. The van der Waals surface area contributed by atoms with Crippen LogP contribution in [0.15, 0.2) is 211 Å². The van der Waals surface area contributed by atoms with Gasteiger partial charge in [0, 0.05) is 55.5 Å². The maximum Gasteiger partial charge on any atom is 0.241 e. The summed E-state index contributed by atoms with van der Waals surface area (Å²) in [7, 11) is 2.05. The average Bonchev–Trinajstić information content (AvgIpc) is 3.38. The molecule has 1 fully saturated rings. The van der Waals surface area contributed by atoms with Crippen molar-refractivity contribution in [1.29, 1.82) is 0 Å². The molecule has 0 aliphatic heterocycles. The summed E-state index contributed by atoms with van der Waals surface area (Å²) in [6, 6.07) is 75.4. The summed E-state index contributed by atoms with van der Waals surface area (Å²) >= 11 is 0. The van der Waals surface area contributed by atoms with E-state index in [2.05, 4.69) is 192 Å². The van der Waals surface area contributed by atoms with Gasteiger partial charge in [-0.2, -0.15) is 30.3 Å². The number of hydrogen-bond donors (Lipinski definition) is 0. The van der Waals surface area contributed by atoms with Crippen LogP contribution in [0.1, 0.15) is 73.4 Å². The molecule has 1 radical (unpaired) electrons. The Kier molecular flexibility index (Phi) is 14.2. The van der Waals surface area contributed by atoms with E-state index in [0.29, 0.717) is 11.3 Å². The predicted octanol–water partition coefficient (Wildman–Crippen LogP) is 17.2. The fourth-order valence-electron chi connectivity index (χ4n) is 12.3. The number of aromatic nitrogens is 7. The van der Waals surface area contributed by atoms with Gasteiger partial charge in [-0.3, -0.25) is 8.97 Å². The molecule has 6 aromatic heterocycles. The van der Waals surface area contributed by atoms with Crippen LogP contribution in [0, 0.1) is 43.8 Å². The molecule has 0 unspecified atom stereocenters. The van der Waals surface area contributed by atoms with E-state index >= 15 is 0 Å². The molecule has 0 N–H and O–H groups in total. The average molecular weight is 1260 g/mol. The number of imidazole rings is 3. The third-order valence-electron chi connectivity index (χ3n) is 16.8. The number of benzene rings is 8. The van der Waals surface area contributed by atoms with Gasteiger partial charge in [0.25, 0.3) is 0 Å². The Morgan fingerprint density at radius 2 is 1.48 bits per heavy atom. The van der Waals surface area contributed by atoms with Gasteiger partial charge in [-0.25, -0.2) is 4.98 Å². The maximum absolute atomic E-state index is 6.26. The molecule has 6 heterocycles. The molecule has 8 nitrogen and oxygen atoms in total. The fourth-order valence-corrected chi connectivity index (χ4v) is 12.3. The molecule has 0 saturated heterocycles. The second kappa shape index (κ2) is 22.0. The summed E-state index contributed by atoms with van der Waals surface area (Å²) in [5.41, 5.74) is 23.2. The van der Waals surface area contributed by atoms with Crippen molar-refractivity contribution in [2.45, 2.75) is 65.7 Å². The number of hydrogen-bond acceptors (Lipinski definition) is 4. The van der Waals surface area contributed by atoms with Gasteiger partial charge < -0.3 is 23.5 Å². The quantitative estimate of drug-likeness (QED) is 0.107. The van der Waals surface area contributed by atoms with Crippen molar-refractivity contribution in [3.05, 3.63) is 259 Å². The van der Waals surface area contributed by atoms with Crippen molar-refractivity contribution in [3.8, 4) is 56.1 Å². The molecule has 1 aliphatic carbocycles. The van der Waals surface area contributed by atoms with Crippen molar-refractivity contribution < 1.29 is 29.1 Å². The van der Waals surface area contributed by atoms with Crippen LogP contribution in [-0.4, -0.2) is 28.5 Å². The van der Waals surface area contributed by atoms with Crippen LogP contribution in [0.5, 0.6) is 0 Å². The van der Waals surface area contributed by atoms with Gasteiger partial charge in [0.15, 0.2) is 0 Å². The van der Waals surface area contributed by atoms with Gasteiger partial charge in [-0.1, -0.05) is 127 Å². The van der Waals surface area contributed by atoms with Crippen LogP contribution >= 0.6 is 0 Å². The smallest absolute Gasteiger partial charge is 0.241 e. The summed E-state index contributed by atoms with van der Waals surface area (Å²) in [6.45, 7) is 9.21. The second-order valence-corrected chi connectivity index (χ2v) is 22.8. The normalized spacial score (nSPS) is 13.4. The number of nitrogens with zero attached hydrogens (tertiary/aromatic N) is 7. The topological polar surface area (TPSA) is 70.0 Å². The summed E-state index contributed by atoms with van der Waals surface area (Å²) in [6.07, 6.45) is 15.3. The van der Waals surface area contributed by atoms with Gasteiger partial charge in [0.1, 0.15) is 5.58 Å². The number of furan rings is 1. The van der Waals surface area contributed by atoms with E-state index in [1.54, 1.807) is 0 Å².